The van der Waals surface area contributed by atoms with Crippen molar-refractivity contribution in [3.8, 4) is 0 Å². The van der Waals surface area contributed by atoms with E-state index in [-0.39, 0.29) is 5.82 Å². The van der Waals surface area contributed by atoms with Crippen LogP contribution in [0.25, 0.3) is 0 Å². The van der Waals surface area contributed by atoms with Crippen LogP contribution in [0, 0.1) is 19.8 Å². The van der Waals surface area contributed by atoms with Crippen LogP contribution in [0.1, 0.15) is 60.9 Å². The van der Waals surface area contributed by atoms with Crippen LogP contribution in [0.4, 0.5) is 5.82 Å². The number of nitrogens with one attached hydrogen (secondary N) is 1. The van der Waals surface area contributed by atoms with Crippen molar-refractivity contribution < 1.29 is 9.90 Å². The van der Waals surface area contributed by atoms with Crippen molar-refractivity contribution in [3.05, 3.63) is 17.1 Å². The molecule has 0 radical (unpaired) electrons. The molecule has 2 rings (SSSR count). The maximum Gasteiger partial charge on any atom is 0.374 e. The first-order valence-electron chi connectivity index (χ1n) is 7.38. The average Bonchev–Trinajstić information content (AvgIpc) is 2.32. The molecule has 1 saturated carbocycles. The van der Waals surface area contributed by atoms with Crippen LogP contribution in [0.5, 0.6) is 0 Å². The molecule has 0 amide bonds. The Hall–Kier alpha value is -1.65. The number of aromatic nitrogens is 2. The van der Waals surface area contributed by atoms with E-state index in [9.17, 15) is 4.79 Å². The highest BCUT2D eigenvalue weighted by atomic mass is 16.4. The van der Waals surface area contributed by atoms with Crippen molar-refractivity contribution in [1.29, 1.82) is 0 Å². The van der Waals surface area contributed by atoms with E-state index >= 15 is 0 Å². The topological polar surface area (TPSA) is 75.1 Å². The van der Waals surface area contributed by atoms with Crippen LogP contribution < -0.4 is 5.32 Å². The highest BCUT2D eigenvalue weighted by Crippen LogP contribution is 2.33. The molecular weight excluding hydrogens is 254 g/mol. The van der Waals surface area contributed by atoms with Crippen molar-refractivity contribution in [1.82, 2.24) is 9.97 Å². The van der Waals surface area contributed by atoms with E-state index in [2.05, 4.69) is 22.2 Å². The molecule has 2 N–H and O–H groups in total. The number of hydrogen-bond acceptors (Lipinski definition) is 4. The second kappa shape index (κ2) is 6.20. The van der Waals surface area contributed by atoms with E-state index in [4.69, 9.17) is 5.11 Å². The minimum Gasteiger partial charge on any atom is -0.475 e. The van der Waals surface area contributed by atoms with Gasteiger partial charge in [-0.05, 0) is 39.0 Å². The van der Waals surface area contributed by atoms with Gasteiger partial charge in [0.05, 0.1) is 0 Å². The van der Waals surface area contributed by atoms with Gasteiger partial charge >= 0.3 is 5.97 Å². The third kappa shape index (κ3) is 3.08. The van der Waals surface area contributed by atoms with Gasteiger partial charge in [0.15, 0.2) is 0 Å². The van der Waals surface area contributed by atoms with Gasteiger partial charge in [0.1, 0.15) is 5.82 Å². The summed E-state index contributed by atoms with van der Waals surface area (Å²) in [6.45, 7) is 5.94. The molecular formula is C15H23N3O2. The van der Waals surface area contributed by atoms with Crippen LogP contribution in [0.15, 0.2) is 0 Å². The fourth-order valence-electron chi connectivity index (χ4n) is 2.62. The smallest absolute Gasteiger partial charge is 0.374 e. The van der Waals surface area contributed by atoms with Crippen LogP contribution in [-0.4, -0.2) is 27.1 Å². The minimum atomic E-state index is -1.08. The summed E-state index contributed by atoms with van der Waals surface area (Å²) in [6, 6.07) is 0.392. The number of carboxylic acids is 1. The standard InChI is InChI=1S/C15H23N3O2/c1-4-6-12(11-7-5-8-11)17-13-9(2)10(3)16-14(18-13)15(19)20/h11-12H,4-8H2,1-3H3,(H,19,20)(H,16,17,18). The molecule has 5 heteroatoms. The Morgan fingerprint density at radius 1 is 1.40 bits per heavy atom. The van der Waals surface area contributed by atoms with Gasteiger partial charge in [0.2, 0.25) is 5.82 Å². The summed E-state index contributed by atoms with van der Waals surface area (Å²) < 4.78 is 0. The number of carboxylic acid groups (broad SMARTS) is 1. The Morgan fingerprint density at radius 2 is 2.10 bits per heavy atom. The summed E-state index contributed by atoms with van der Waals surface area (Å²) in [5.74, 6) is 0.171. The molecule has 110 valence electrons. The third-order valence-electron chi connectivity index (χ3n) is 4.22. The van der Waals surface area contributed by atoms with Crippen molar-refractivity contribution in [2.75, 3.05) is 5.32 Å². The fourth-order valence-corrected chi connectivity index (χ4v) is 2.62. The van der Waals surface area contributed by atoms with Crippen LogP contribution in [0.2, 0.25) is 0 Å². The van der Waals surface area contributed by atoms with E-state index in [0.29, 0.717) is 17.8 Å². The fraction of sp³-hybridized carbons (Fsp3) is 0.667. The first kappa shape index (κ1) is 14.8. The zero-order valence-corrected chi connectivity index (χ0v) is 12.4. The van der Waals surface area contributed by atoms with Gasteiger partial charge in [-0.2, -0.15) is 0 Å². The molecule has 1 aromatic rings. The molecule has 0 saturated heterocycles. The summed E-state index contributed by atoms with van der Waals surface area (Å²) in [5.41, 5.74) is 1.67. The van der Waals surface area contributed by atoms with E-state index in [1.54, 1.807) is 0 Å². The lowest BCUT2D eigenvalue weighted by Crippen LogP contribution is -2.34. The highest BCUT2D eigenvalue weighted by molar-refractivity contribution is 5.83. The molecule has 1 aliphatic carbocycles. The quantitative estimate of drug-likeness (QED) is 0.835. The number of carbonyl (C=O) groups is 1. The molecule has 1 fully saturated rings. The summed E-state index contributed by atoms with van der Waals surface area (Å²) in [5, 5.41) is 12.5. The molecule has 1 aliphatic rings. The summed E-state index contributed by atoms with van der Waals surface area (Å²) >= 11 is 0. The lowest BCUT2D eigenvalue weighted by molar-refractivity contribution is 0.0683. The Labute approximate surface area is 119 Å². The van der Waals surface area contributed by atoms with Crippen LogP contribution in [-0.2, 0) is 0 Å². The van der Waals surface area contributed by atoms with Crippen molar-refractivity contribution in [2.45, 2.75) is 58.9 Å². The molecule has 0 aromatic carbocycles. The first-order chi connectivity index (χ1) is 9.52. The van der Waals surface area contributed by atoms with Gasteiger partial charge in [-0.25, -0.2) is 14.8 Å². The zero-order chi connectivity index (χ0) is 14.7. The predicted octanol–water partition coefficient (Wildman–Crippen LogP) is 3.17. The monoisotopic (exact) mass is 277 g/mol. The van der Waals surface area contributed by atoms with Gasteiger partial charge in [0.25, 0.3) is 0 Å². The van der Waals surface area contributed by atoms with Gasteiger partial charge in [-0.3, -0.25) is 0 Å². The molecule has 1 atom stereocenters. The summed E-state index contributed by atoms with van der Waals surface area (Å²) in [4.78, 5) is 19.3. The maximum atomic E-state index is 11.1. The average molecular weight is 277 g/mol. The molecule has 0 aliphatic heterocycles. The van der Waals surface area contributed by atoms with Crippen LogP contribution >= 0.6 is 0 Å². The largest absolute Gasteiger partial charge is 0.475 e. The van der Waals surface area contributed by atoms with E-state index in [1.807, 2.05) is 13.8 Å². The molecule has 5 nitrogen and oxygen atoms in total. The maximum absolute atomic E-state index is 11.1. The second-order valence-electron chi connectivity index (χ2n) is 5.64. The molecule has 1 heterocycles. The minimum absolute atomic E-state index is 0.126. The summed E-state index contributed by atoms with van der Waals surface area (Å²) in [6.07, 6.45) is 6.02. The van der Waals surface area contributed by atoms with Crippen molar-refractivity contribution in [2.24, 2.45) is 5.92 Å². The highest BCUT2D eigenvalue weighted by Gasteiger charge is 2.27. The molecule has 1 unspecified atom stereocenters. The Balaban J connectivity index is 2.23. The lowest BCUT2D eigenvalue weighted by atomic mass is 9.78. The Morgan fingerprint density at radius 3 is 2.60 bits per heavy atom. The van der Waals surface area contributed by atoms with E-state index in [0.717, 1.165) is 24.1 Å². The number of aromatic carboxylic acids is 1. The molecule has 20 heavy (non-hydrogen) atoms. The molecule has 0 bridgehead atoms. The SMILES string of the molecule is CCCC(Nc1nc(C(=O)O)nc(C)c1C)C1CCC1. The van der Waals surface area contributed by atoms with E-state index < -0.39 is 5.97 Å². The number of rotatable bonds is 6. The van der Waals surface area contributed by atoms with Gasteiger partial charge < -0.3 is 10.4 Å². The summed E-state index contributed by atoms with van der Waals surface area (Å²) in [7, 11) is 0. The number of aryl methyl sites for hydroxylation is 1. The lowest BCUT2D eigenvalue weighted by Gasteiger charge is -2.35. The Kier molecular flexibility index (Phi) is 4.57. The van der Waals surface area contributed by atoms with Gasteiger partial charge in [0, 0.05) is 17.3 Å². The predicted molar refractivity (Wildman–Crippen MR) is 78.1 cm³/mol. The van der Waals surface area contributed by atoms with Crippen LogP contribution in [0.3, 0.4) is 0 Å². The van der Waals surface area contributed by atoms with Gasteiger partial charge in [-0.1, -0.05) is 19.8 Å². The molecule has 0 spiro atoms. The van der Waals surface area contributed by atoms with Crippen molar-refractivity contribution in [3.63, 3.8) is 0 Å². The number of hydrogen-bond donors (Lipinski definition) is 2. The van der Waals surface area contributed by atoms with Crippen molar-refractivity contribution >= 4 is 11.8 Å². The Bertz CT molecular complexity index is 498. The number of nitrogens with zero attached hydrogens (tertiary/aromatic N) is 2. The van der Waals surface area contributed by atoms with Gasteiger partial charge in [-0.15, -0.1) is 0 Å². The zero-order valence-electron chi connectivity index (χ0n) is 12.4. The molecule has 1 aromatic heterocycles. The third-order valence-corrected chi connectivity index (χ3v) is 4.22. The second-order valence-corrected chi connectivity index (χ2v) is 5.64. The normalized spacial score (nSPS) is 16.6. The number of anilines is 1. The first-order valence-corrected chi connectivity index (χ1v) is 7.38. The van der Waals surface area contributed by atoms with E-state index in [1.165, 1.54) is 19.3 Å².